The highest BCUT2D eigenvalue weighted by Gasteiger charge is 1.97. The van der Waals surface area contributed by atoms with Crippen molar-refractivity contribution >= 4 is 11.8 Å². The number of halogens is 1. The van der Waals surface area contributed by atoms with Crippen LogP contribution in [0.25, 0.3) is 0 Å². The monoisotopic (exact) mass is 220 g/mol. The van der Waals surface area contributed by atoms with Gasteiger partial charge in [-0.15, -0.1) is 11.8 Å². The lowest BCUT2D eigenvalue weighted by molar-refractivity contribution is 0.627. The zero-order valence-corrected chi connectivity index (χ0v) is 8.75. The maximum absolute atomic E-state index is 12.6. The number of rotatable bonds is 3. The average molecular weight is 220 g/mol. The highest BCUT2D eigenvalue weighted by molar-refractivity contribution is 7.98. The molecule has 1 aromatic carbocycles. The van der Waals surface area contributed by atoms with Gasteiger partial charge in [0.2, 0.25) is 0 Å². The zero-order valence-electron chi connectivity index (χ0n) is 7.93. The number of benzene rings is 1. The van der Waals surface area contributed by atoms with Crippen LogP contribution in [0.15, 0.2) is 47.9 Å². The van der Waals surface area contributed by atoms with Crippen molar-refractivity contribution in [1.82, 2.24) is 9.97 Å². The lowest BCUT2D eigenvalue weighted by Crippen LogP contribution is -1.84. The zero-order chi connectivity index (χ0) is 10.5. The predicted octanol–water partition coefficient (Wildman–Crippen LogP) is 2.91. The van der Waals surface area contributed by atoms with Crippen molar-refractivity contribution in [2.75, 3.05) is 0 Å². The van der Waals surface area contributed by atoms with Gasteiger partial charge in [0.1, 0.15) is 12.1 Å². The van der Waals surface area contributed by atoms with Crippen LogP contribution < -0.4 is 0 Å². The third-order valence-corrected chi connectivity index (χ3v) is 2.87. The normalized spacial score (nSPS) is 10.2. The Morgan fingerprint density at radius 2 is 1.93 bits per heavy atom. The Balaban J connectivity index is 1.96. The minimum absolute atomic E-state index is 0.203. The molecule has 0 fully saturated rings. The Kier molecular flexibility index (Phi) is 3.29. The molecule has 15 heavy (non-hydrogen) atoms. The molecule has 0 saturated carbocycles. The Morgan fingerprint density at radius 3 is 2.60 bits per heavy atom. The summed E-state index contributed by atoms with van der Waals surface area (Å²) in [5.74, 6) is 0.586. The van der Waals surface area contributed by atoms with Crippen LogP contribution >= 0.6 is 11.8 Å². The van der Waals surface area contributed by atoms with Gasteiger partial charge in [0.15, 0.2) is 0 Å². The van der Waals surface area contributed by atoms with Gasteiger partial charge in [-0.1, -0.05) is 12.1 Å². The number of hydrogen-bond acceptors (Lipinski definition) is 3. The second-order valence-corrected chi connectivity index (χ2v) is 3.96. The molecule has 0 atom stereocenters. The summed E-state index contributed by atoms with van der Waals surface area (Å²) >= 11 is 1.61. The van der Waals surface area contributed by atoms with Gasteiger partial charge < -0.3 is 0 Å². The maximum atomic E-state index is 12.6. The molecule has 2 rings (SSSR count). The average Bonchev–Trinajstić information content (AvgIpc) is 2.30. The first-order valence-corrected chi connectivity index (χ1v) is 5.46. The molecule has 4 heteroatoms. The summed E-state index contributed by atoms with van der Waals surface area (Å²) < 4.78 is 12.6. The van der Waals surface area contributed by atoms with E-state index in [1.165, 1.54) is 18.5 Å². The standard InChI is InChI=1S/C11H9FN2S/c12-10-3-1-9(2-4-10)7-15-11-5-6-13-8-14-11/h1-6,8H,7H2. The molecule has 1 heterocycles. The highest BCUT2D eigenvalue weighted by atomic mass is 32.2. The largest absolute Gasteiger partial charge is 0.245 e. The molecule has 2 nitrogen and oxygen atoms in total. The molecule has 0 aliphatic rings. The Bertz CT molecular complexity index is 416. The van der Waals surface area contributed by atoms with Crippen LogP contribution in [-0.4, -0.2) is 9.97 Å². The van der Waals surface area contributed by atoms with Gasteiger partial charge in [-0.25, -0.2) is 14.4 Å². The van der Waals surface area contributed by atoms with Crippen molar-refractivity contribution in [3.63, 3.8) is 0 Å². The second-order valence-electron chi connectivity index (χ2n) is 2.96. The van der Waals surface area contributed by atoms with Crippen molar-refractivity contribution in [3.8, 4) is 0 Å². The van der Waals surface area contributed by atoms with E-state index in [-0.39, 0.29) is 5.82 Å². The van der Waals surface area contributed by atoms with Gasteiger partial charge in [-0.3, -0.25) is 0 Å². The van der Waals surface area contributed by atoms with E-state index in [1.54, 1.807) is 30.1 Å². The van der Waals surface area contributed by atoms with E-state index < -0.39 is 0 Å². The molecule has 0 unspecified atom stereocenters. The quantitative estimate of drug-likeness (QED) is 0.587. The van der Waals surface area contributed by atoms with Crippen LogP contribution in [0, 0.1) is 5.82 Å². The molecule has 0 aliphatic heterocycles. The van der Waals surface area contributed by atoms with Gasteiger partial charge in [0.05, 0.1) is 5.03 Å². The molecule has 0 aliphatic carbocycles. The summed E-state index contributed by atoms with van der Waals surface area (Å²) in [7, 11) is 0. The van der Waals surface area contributed by atoms with Gasteiger partial charge in [-0.2, -0.15) is 0 Å². The molecule has 2 aromatic rings. The first-order chi connectivity index (χ1) is 7.34. The summed E-state index contributed by atoms with van der Waals surface area (Å²) in [5, 5.41) is 0.925. The Hall–Kier alpha value is -1.42. The third kappa shape index (κ3) is 3.02. The van der Waals surface area contributed by atoms with E-state index in [2.05, 4.69) is 9.97 Å². The molecule has 76 valence electrons. The number of nitrogens with zero attached hydrogens (tertiary/aromatic N) is 2. The predicted molar refractivity (Wildman–Crippen MR) is 58.0 cm³/mol. The van der Waals surface area contributed by atoms with Crippen LogP contribution in [0.3, 0.4) is 0 Å². The van der Waals surface area contributed by atoms with E-state index in [0.717, 1.165) is 16.3 Å². The van der Waals surface area contributed by atoms with E-state index in [4.69, 9.17) is 0 Å². The van der Waals surface area contributed by atoms with Gasteiger partial charge in [-0.05, 0) is 23.8 Å². The van der Waals surface area contributed by atoms with Crippen LogP contribution in [-0.2, 0) is 5.75 Å². The van der Waals surface area contributed by atoms with Crippen LogP contribution in [0.1, 0.15) is 5.56 Å². The SMILES string of the molecule is Fc1ccc(CSc2ccncn2)cc1. The summed E-state index contributed by atoms with van der Waals surface area (Å²) in [6, 6.07) is 8.35. The summed E-state index contributed by atoms with van der Waals surface area (Å²) in [4.78, 5) is 7.93. The van der Waals surface area contributed by atoms with Crippen molar-refractivity contribution in [1.29, 1.82) is 0 Å². The minimum atomic E-state index is -0.203. The van der Waals surface area contributed by atoms with E-state index in [0.29, 0.717) is 0 Å². The molecule has 0 radical (unpaired) electrons. The highest BCUT2D eigenvalue weighted by Crippen LogP contribution is 2.19. The van der Waals surface area contributed by atoms with E-state index in [1.807, 2.05) is 6.07 Å². The summed E-state index contributed by atoms with van der Waals surface area (Å²) in [6.07, 6.45) is 3.23. The lowest BCUT2D eigenvalue weighted by Gasteiger charge is -2.00. The van der Waals surface area contributed by atoms with Crippen molar-refractivity contribution < 1.29 is 4.39 Å². The topological polar surface area (TPSA) is 25.8 Å². The van der Waals surface area contributed by atoms with Gasteiger partial charge >= 0.3 is 0 Å². The summed E-state index contributed by atoms with van der Waals surface area (Å²) in [6.45, 7) is 0. The van der Waals surface area contributed by atoms with Gasteiger partial charge in [0.25, 0.3) is 0 Å². The molecular weight excluding hydrogens is 211 g/mol. The molecule has 0 spiro atoms. The number of hydrogen-bond donors (Lipinski definition) is 0. The minimum Gasteiger partial charge on any atom is -0.245 e. The summed E-state index contributed by atoms with van der Waals surface area (Å²) in [5.41, 5.74) is 1.08. The fourth-order valence-electron chi connectivity index (χ4n) is 1.10. The molecule has 0 saturated heterocycles. The molecule has 0 amide bonds. The van der Waals surface area contributed by atoms with Crippen LogP contribution in [0.4, 0.5) is 4.39 Å². The van der Waals surface area contributed by atoms with Crippen molar-refractivity contribution in [3.05, 3.63) is 54.2 Å². The molecule has 1 aromatic heterocycles. The molecule has 0 N–H and O–H groups in total. The Labute approximate surface area is 91.6 Å². The molecular formula is C11H9FN2S. The van der Waals surface area contributed by atoms with Crippen LogP contribution in [0.2, 0.25) is 0 Å². The van der Waals surface area contributed by atoms with E-state index in [9.17, 15) is 4.39 Å². The maximum Gasteiger partial charge on any atom is 0.123 e. The van der Waals surface area contributed by atoms with Crippen LogP contribution in [0.5, 0.6) is 0 Å². The van der Waals surface area contributed by atoms with Crippen molar-refractivity contribution in [2.24, 2.45) is 0 Å². The fraction of sp³-hybridized carbons (Fsp3) is 0.0909. The number of aromatic nitrogens is 2. The molecule has 0 bridgehead atoms. The lowest BCUT2D eigenvalue weighted by atomic mass is 10.2. The third-order valence-electron chi connectivity index (χ3n) is 1.85. The van der Waals surface area contributed by atoms with Gasteiger partial charge in [0, 0.05) is 11.9 Å². The fourth-order valence-corrected chi connectivity index (χ4v) is 1.89. The first-order valence-electron chi connectivity index (χ1n) is 4.48. The van der Waals surface area contributed by atoms with Crippen molar-refractivity contribution in [2.45, 2.75) is 10.8 Å². The van der Waals surface area contributed by atoms with E-state index >= 15 is 0 Å². The number of thioether (sulfide) groups is 1. The first kappa shape index (κ1) is 10.1. The smallest absolute Gasteiger partial charge is 0.123 e. The second kappa shape index (κ2) is 4.89. The Morgan fingerprint density at radius 1 is 1.13 bits per heavy atom.